The molecule has 0 bridgehead atoms. The van der Waals surface area contributed by atoms with Gasteiger partial charge in [-0.15, -0.1) is 11.3 Å². The van der Waals surface area contributed by atoms with Crippen LogP contribution in [0.3, 0.4) is 0 Å². The summed E-state index contributed by atoms with van der Waals surface area (Å²) in [6.07, 6.45) is 4.63. The van der Waals surface area contributed by atoms with Crippen LogP contribution in [-0.2, 0) is 6.54 Å². The molecular weight excluding hydrogens is 280 g/mol. The third kappa shape index (κ3) is 2.81. The molecule has 1 saturated heterocycles. The zero-order valence-electron chi connectivity index (χ0n) is 13.7. The number of hydrogen-bond donors (Lipinski definition) is 1. The molecule has 2 aromatic heterocycles. The number of imidazole rings is 1. The highest BCUT2D eigenvalue weighted by atomic mass is 32.1. The van der Waals surface area contributed by atoms with Gasteiger partial charge in [-0.25, -0.2) is 4.98 Å². The summed E-state index contributed by atoms with van der Waals surface area (Å²) in [5, 5.41) is 5.73. The lowest BCUT2D eigenvalue weighted by Crippen LogP contribution is -2.40. The van der Waals surface area contributed by atoms with E-state index in [0.29, 0.717) is 0 Å². The van der Waals surface area contributed by atoms with E-state index in [1.54, 1.807) is 11.3 Å². The Labute approximate surface area is 131 Å². The van der Waals surface area contributed by atoms with E-state index in [2.05, 4.69) is 60.8 Å². The molecular formula is C16H26N4S. The number of nitrogens with one attached hydrogen (secondary N) is 1. The van der Waals surface area contributed by atoms with Crippen LogP contribution in [0, 0.1) is 0 Å². The molecule has 0 aromatic carbocycles. The Balaban J connectivity index is 1.99. The molecule has 1 N–H and O–H groups in total. The lowest BCUT2D eigenvalue weighted by Gasteiger charge is -2.33. The zero-order valence-corrected chi connectivity index (χ0v) is 14.5. The largest absolute Gasteiger partial charge is 0.350 e. The summed E-state index contributed by atoms with van der Waals surface area (Å²) < 4.78 is 2.24. The number of nitrogens with zero attached hydrogens (tertiary/aromatic N) is 3. The lowest BCUT2D eigenvalue weighted by atomic mass is 10.0. The summed E-state index contributed by atoms with van der Waals surface area (Å²) in [5.74, 6) is 1.17. The molecule has 3 rings (SSSR count). The van der Waals surface area contributed by atoms with Crippen molar-refractivity contribution in [3.8, 4) is 0 Å². The molecule has 116 valence electrons. The molecule has 0 aliphatic carbocycles. The molecule has 4 nitrogen and oxygen atoms in total. The molecule has 21 heavy (non-hydrogen) atoms. The van der Waals surface area contributed by atoms with Gasteiger partial charge in [0.2, 0.25) is 0 Å². The molecule has 0 radical (unpaired) electrons. The molecule has 3 heterocycles. The number of aromatic nitrogens is 2. The van der Waals surface area contributed by atoms with E-state index in [1.807, 2.05) is 0 Å². The molecule has 0 spiro atoms. The summed E-state index contributed by atoms with van der Waals surface area (Å²) in [6.45, 7) is 13.2. The van der Waals surface area contributed by atoms with Crippen LogP contribution in [-0.4, -0.2) is 27.0 Å². The SMILES string of the molecule is CC(C)(C)NCc1c(N2CCCC2(C)C)nc2sccn12. The summed E-state index contributed by atoms with van der Waals surface area (Å²) in [5.41, 5.74) is 1.61. The van der Waals surface area contributed by atoms with Crippen LogP contribution in [0.1, 0.15) is 53.2 Å². The van der Waals surface area contributed by atoms with Crippen molar-refractivity contribution in [2.45, 2.75) is 65.1 Å². The third-order valence-corrected chi connectivity index (χ3v) is 5.04. The normalized spacial score (nSPS) is 18.8. The van der Waals surface area contributed by atoms with Crippen molar-refractivity contribution in [3.05, 3.63) is 17.3 Å². The number of fused-ring (bicyclic) bond motifs is 1. The van der Waals surface area contributed by atoms with Crippen molar-refractivity contribution in [2.24, 2.45) is 0 Å². The van der Waals surface area contributed by atoms with Gasteiger partial charge < -0.3 is 10.2 Å². The Kier molecular flexibility index (Phi) is 3.53. The van der Waals surface area contributed by atoms with E-state index in [-0.39, 0.29) is 11.1 Å². The highest BCUT2D eigenvalue weighted by molar-refractivity contribution is 7.15. The summed E-state index contributed by atoms with van der Waals surface area (Å²) >= 11 is 1.71. The highest BCUT2D eigenvalue weighted by Crippen LogP contribution is 2.36. The fraction of sp³-hybridized carbons (Fsp3) is 0.688. The maximum absolute atomic E-state index is 4.92. The highest BCUT2D eigenvalue weighted by Gasteiger charge is 2.35. The van der Waals surface area contributed by atoms with Gasteiger partial charge in [-0.3, -0.25) is 4.40 Å². The minimum atomic E-state index is 0.109. The average Bonchev–Trinajstić information content (AvgIpc) is 2.98. The Morgan fingerprint density at radius 1 is 1.38 bits per heavy atom. The van der Waals surface area contributed by atoms with Crippen molar-refractivity contribution in [2.75, 3.05) is 11.4 Å². The van der Waals surface area contributed by atoms with Crippen molar-refractivity contribution >= 4 is 22.1 Å². The average molecular weight is 306 g/mol. The van der Waals surface area contributed by atoms with Crippen LogP contribution in [0.4, 0.5) is 5.82 Å². The van der Waals surface area contributed by atoms with Crippen molar-refractivity contribution in [3.63, 3.8) is 0 Å². The molecule has 0 unspecified atom stereocenters. The van der Waals surface area contributed by atoms with Crippen molar-refractivity contribution in [1.82, 2.24) is 14.7 Å². The number of rotatable bonds is 3. The predicted octanol–water partition coefficient (Wildman–Crippen LogP) is 3.66. The van der Waals surface area contributed by atoms with E-state index < -0.39 is 0 Å². The van der Waals surface area contributed by atoms with Gasteiger partial charge in [0.15, 0.2) is 10.8 Å². The quantitative estimate of drug-likeness (QED) is 0.939. The Morgan fingerprint density at radius 2 is 2.14 bits per heavy atom. The first-order valence-corrected chi connectivity index (χ1v) is 8.63. The van der Waals surface area contributed by atoms with E-state index in [9.17, 15) is 0 Å². The molecule has 2 aromatic rings. The number of hydrogen-bond acceptors (Lipinski definition) is 4. The smallest absolute Gasteiger partial charge is 0.195 e. The van der Waals surface area contributed by atoms with Crippen molar-refractivity contribution < 1.29 is 0 Å². The van der Waals surface area contributed by atoms with E-state index in [4.69, 9.17) is 4.98 Å². The standard InChI is InChI=1S/C16H26N4S/c1-15(2,3)17-11-12-13(18-14-19(12)9-10-21-14)20-8-6-7-16(20,4)5/h9-10,17H,6-8,11H2,1-5H3. The first-order chi connectivity index (χ1) is 9.78. The maximum atomic E-state index is 4.92. The van der Waals surface area contributed by atoms with Gasteiger partial charge >= 0.3 is 0 Å². The van der Waals surface area contributed by atoms with Gasteiger partial charge in [-0.2, -0.15) is 0 Å². The van der Waals surface area contributed by atoms with E-state index in [1.165, 1.54) is 24.4 Å². The minimum Gasteiger partial charge on any atom is -0.350 e. The lowest BCUT2D eigenvalue weighted by molar-refractivity contribution is 0.419. The fourth-order valence-corrected chi connectivity index (χ4v) is 3.78. The van der Waals surface area contributed by atoms with Crippen LogP contribution >= 0.6 is 11.3 Å². The Bertz CT molecular complexity index is 632. The molecule has 1 aliphatic rings. The van der Waals surface area contributed by atoms with Crippen LogP contribution in [0.15, 0.2) is 11.6 Å². The zero-order chi connectivity index (χ0) is 15.3. The topological polar surface area (TPSA) is 32.6 Å². The maximum Gasteiger partial charge on any atom is 0.195 e. The van der Waals surface area contributed by atoms with Crippen molar-refractivity contribution in [1.29, 1.82) is 0 Å². The van der Waals surface area contributed by atoms with Crippen LogP contribution < -0.4 is 10.2 Å². The van der Waals surface area contributed by atoms with Gasteiger partial charge in [0.25, 0.3) is 0 Å². The van der Waals surface area contributed by atoms with Gasteiger partial charge in [-0.1, -0.05) is 0 Å². The Hall–Kier alpha value is -1.07. The third-order valence-electron chi connectivity index (χ3n) is 4.28. The second-order valence-electron chi connectivity index (χ2n) is 7.61. The van der Waals surface area contributed by atoms with Crippen LogP contribution in [0.2, 0.25) is 0 Å². The number of anilines is 1. The van der Waals surface area contributed by atoms with Gasteiger partial charge in [0, 0.05) is 35.7 Å². The molecule has 0 amide bonds. The van der Waals surface area contributed by atoms with Gasteiger partial charge in [0.1, 0.15) is 0 Å². The van der Waals surface area contributed by atoms with Crippen LogP contribution in [0.25, 0.3) is 4.96 Å². The Morgan fingerprint density at radius 3 is 2.76 bits per heavy atom. The number of thiazole rings is 1. The van der Waals surface area contributed by atoms with Crippen LogP contribution in [0.5, 0.6) is 0 Å². The monoisotopic (exact) mass is 306 g/mol. The van der Waals surface area contributed by atoms with Gasteiger partial charge in [0.05, 0.1) is 5.69 Å². The first kappa shape index (κ1) is 14.9. The minimum absolute atomic E-state index is 0.109. The van der Waals surface area contributed by atoms with E-state index >= 15 is 0 Å². The molecule has 0 saturated carbocycles. The molecule has 0 atom stereocenters. The fourth-order valence-electron chi connectivity index (χ4n) is 3.05. The summed E-state index contributed by atoms with van der Waals surface area (Å²) in [4.78, 5) is 8.51. The summed E-state index contributed by atoms with van der Waals surface area (Å²) in [7, 11) is 0. The second-order valence-corrected chi connectivity index (χ2v) is 8.48. The predicted molar refractivity (Wildman–Crippen MR) is 90.3 cm³/mol. The second kappa shape index (κ2) is 4.99. The first-order valence-electron chi connectivity index (χ1n) is 7.75. The van der Waals surface area contributed by atoms with E-state index in [0.717, 1.165) is 18.1 Å². The summed E-state index contributed by atoms with van der Waals surface area (Å²) in [6, 6.07) is 0. The molecule has 1 fully saturated rings. The molecule has 5 heteroatoms. The molecule has 1 aliphatic heterocycles. The van der Waals surface area contributed by atoms with Gasteiger partial charge in [-0.05, 0) is 47.5 Å².